The molecule has 2 aromatic heterocycles. The van der Waals surface area contributed by atoms with Crippen LogP contribution in [0.3, 0.4) is 0 Å². The van der Waals surface area contributed by atoms with E-state index in [1.807, 2.05) is 0 Å². The highest BCUT2D eigenvalue weighted by Gasteiger charge is 2.20. The van der Waals surface area contributed by atoms with E-state index in [1.54, 1.807) is 29.8 Å². The van der Waals surface area contributed by atoms with Gasteiger partial charge in [0.2, 0.25) is 5.91 Å². The van der Waals surface area contributed by atoms with Crippen LogP contribution in [0.2, 0.25) is 0 Å². The molecule has 0 saturated carbocycles. The van der Waals surface area contributed by atoms with Gasteiger partial charge in [-0.2, -0.15) is 0 Å². The molecule has 1 fully saturated rings. The topological polar surface area (TPSA) is 57.7 Å². The normalized spacial score (nSPS) is 16.2. The molecule has 0 spiro atoms. The van der Waals surface area contributed by atoms with Gasteiger partial charge in [-0.3, -0.25) is 14.6 Å². The summed E-state index contributed by atoms with van der Waals surface area (Å²) in [4.78, 5) is 22.4. The zero-order valence-electron chi connectivity index (χ0n) is 14.4. The number of thiazole rings is 1. The Morgan fingerprint density at radius 2 is 2.08 bits per heavy atom. The van der Waals surface area contributed by atoms with Gasteiger partial charge in [0.05, 0.1) is 30.3 Å². The summed E-state index contributed by atoms with van der Waals surface area (Å²) < 4.78 is 4.94. The van der Waals surface area contributed by atoms with E-state index in [1.165, 1.54) is 4.88 Å². The molecule has 0 bridgehead atoms. The van der Waals surface area contributed by atoms with Gasteiger partial charge in [-0.1, -0.05) is 6.07 Å². The van der Waals surface area contributed by atoms with Gasteiger partial charge in [-0.25, -0.2) is 4.98 Å². The van der Waals surface area contributed by atoms with E-state index < -0.39 is 0 Å². The number of piperazine rings is 1. The number of amides is 1. The summed E-state index contributed by atoms with van der Waals surface area (Å²) in [6.45, 7) is 6.27. The van der Waals surface area contributed by atoms with Gasteiger partial charge in [0.15, 0.2) is 0 Å². The van der Waals surface area contributed by atoms with Crippen LogP contribution in [-0.4, -0.2) is 73.7 Å². The number of carbonyl (C=O) groups is 1. The molecule has 0 unspecified atom stereocenters. The molecule has 3 rings (SSSR count). The number of methoxy groups -OCH3 is 1. The highest BCUT2D eigenvalue weighted by Crippen LogP contribution is 2.26. The van der Waals surface area contributed by atoms with Crippen molar-refractivity contribution >= 4 is 28.6 Å². The van der Waals surface area contributed by atoms with Crippen LogP contribution < -0.4 is 5.32 Å². The van der Waals surface area contributed by atoms with Gasteiger partial charge in [-0.05, 0) is 11.4 Å². The smallest absolute Gasteiger partial charge is 0.234 e. The summed E-state index contributed by atoms with van der Waals surface area (Å²) in [7, 11) is 1.64. The van der Waals surface area contributed by atoms with E-state index in [4.69, 9.17) is 9.72 Å². The number of aromatic nitrogens is 1. The van der Waals surface area contributed by atoms with Crippen molar-refractivity contribution in [2.24, 2.45) is 0 Å². The van der Waals surface area contributed by atoms with Gasteiger partial charge >= 0.3 is 0 Å². The molecule has 136 valence electrons. The molecule has 6 nitrogen and oxygen atoms in total. The average Bonchev–Trinajstić information content (AvgIpc) is 3.28. The van der Waals surface area contributed by atoms with Crippen LogP contribution >= 0.6 is 22.7 Å². The zero-order valence-corrected chi connectivity index (χ0v) is 16.1. The lowest BCUT2D eigenvalue weighted by Gasteiger charge is -2.33. The number of nitrogens with zero attached hydrogens (tertiary/aromatic N) is 3. The summed E-state index contributed by atoms with van der Waals surface area (Å²) in [6.07, 6.45) is 0. The molecule has 1 amide bonds. The van der Waals surface area contributed by atoms with Gasteiger partial charge in [0, 0.05) is 45.2 Å². The standard InChI is InChI=1S/C17H24N4O2S2/c1-23-9-4-18-16(22)11-20-5-7-21(8-6-20)12-17-19-14(13-25-17)15-3-2-10-24-15/h2-3,10,13H,4-9,11-12H2,1H3,(H,18,22). The van der Waals surface area contributed by atoms with Gasteiger partial charge in [0.25, 0.3) is 0 Å². The van der Waals surface area contributed by atoms with E-state index in [0.29, 0.717) is 19.7 Å². The Bertz CT molecular complexity index is 651. The fourth-order valence-electron chi connectivity index (χ4n) is 2.77. The minimum absolute atomic E-state index is 0.0750. The maximum atomic E-state index is 11.8. The van der Waals surface area contributed by atoms with Crippen LogP contribution in [0.4, 0.5) is 0 Å². The third kappa shape index (κ3) is 5.58. The van der Waals surface area contributed by atoms with Crippen molar-refractivity contribution in [3.8, 4) is 10.6 Å². The second kappa shape index (κ2) is 9.40. The van der Waals surface area contributed by atoms with Crippen molar-refractivity contribution in [1.82, 2.24) is 20.1 Å². The first kappa shape index (κ1) is 18.5. The van der Waals surface area contributed by atoms with Crippen molar-refractivity contribution in [1.29, 1.82) is 0 Å². The first-order valence-corrected chi connectivity index (χ1v) is 10.2. The SMILES string of the molecule is COCCNC(=O)CN1CCN(Cc2nc(-c3cccs3)cs2)CC1. The Labute approximate surface area is 156 Å². The molecule has 1 aliphatic heterocycles. The number of thiophene rings is 1. The number of nitrogens with one attached hydrogen (secondary N) is 1. The maximum absolute atomic E-state index is 11.8. The minimum atomic E-state index is 0.0750. The van der Waals surface area contributed by atoms with Crippen molar-refractivity contribution < 1.29 is 9.53 Å². The highest BCUT2D eigenvalue weighted by molar-refractivity contribution is 7.14. The van der Waals surface area contributed by atoms with Crippen LogP contribution in [0, 0.1) is 0 Å². The fourth-order valence-corrected chi connectivity index (χ4v) is 4.37. The Morgan fingerprint density at radius 3 is 2.80 bits per heavy atom. The third-order valence-electron chi connectivity index (χ3n) is 4.14. The summed E-state index contributed by atoms with van der Waals surface area (Å²) in [5, 5.41) is 8.26. The molecule has 0 radical (unpaired) electrons. The number of rotatable bonds is 8. The second-order valence-electron chi connectivity index (χ2n) is 6.00. The first-order chi connectivity index (χ1) is 12.2. The molecule has 3 heterocycles. The van der Waals surface area contributed by atoms with E-state index in [-0.39, 0.29) is 5.91 Å². The van der Waals surface area contributed by atoms with Gasteiger partial charge < -0.3 is 10.1 Å². The van der Waals surface area contributed by atoms with Crippen LogP contribution in [0.25, 0.3) is 10.6 Å². The Hall–Kier alpha value is -1.32. The molecular weight excluding hydrogens is 356 g/mol. The molecule has 2 aromatic rings. The minimum Gasteiger partial charge on any atom is -0.383 e. The predicted octanol–water partition coefficient (Wildman–Crippen LogP) is 1.75. The molecule has 1 saturated heterocycles. The summed E-state index contributed by atoms with van der Waals surface area (Å²) in [5.41, 5.74) is 1.08. The third-order valence-corrected chi connectivity index (χ3v) is 5.87. The van der Waals surface area contributed by atoms with Crippen molar-refractivity contribution in [3.05, 3.63) is 27.9 Å². The fraction of sp³-hybridized carbons (Fsp3) is 0.529. The Kier molecular flexibility index (Phi) is 6.94. The van der Waals surface area contributed by atoms with Crippen molar-refractivity contribution in [2.45, 2.75) is 6.54 Å². The summed E-state index contributed by atoms with van der Waals surface area (Å²) in [5.74, 6) is 0.0750. The largest absolute Gasteiger partial charge is 0.383 e. The van der Waals surface area contributed by atoms with Crippen molar-refractivity contribution in [2.75, 3.05) is 53.0 Å². The number of hydrogen-bond donors (Lipinski definition) is 1. The number of hydrogen-bond acceptors (Lipinski definition) is 7. The lowest BCUT2D eigenvalue weighted by atomic mass is 10.3. The zero-order chi connectivity index (χ0) is 17.5. The molecule has 1 N–H and O–H groups in total. The summed E-state index contributed by atoms with van der Waals surface area (Å²) >= 11 is 3.45. The Balaban J connectivity index is 1.40. The average molecular weight is 381 g/mol. The van der Waals surface area contributed by atoms with Gasteiger partial charge in [-0.15, -0.1) is 22.7 Å². The quantitative estimate of drug-likeness (QED) is 0.707. The molecule has 0 aromatic carbocycles. The van der Waals surface area contributed by atoms with Gasteiger partial charge in [0.1, 0.15) is 5.01 Å². The molecular formula is C17H24N4O2S2. The maximum Gasteiger partial charge on any atom is 0.234 e. The molecule has 0 atom stereocenters. The van der Waals surface area contributed by atoms with E-state index in [9.17, 15) is 4.79 Å². The number of ether oxygens (including phenoxy) is 1. The van der Waals surface area contributed by atoms with Crippen molar-refractivity contribution in [3.63, 3.8) is 0 Å². The molecule has 0 aliphatic carbocycles. The monoisotopic (exact) mass is 380 g/mol. The first-order valence-electron chi connectivity index (χ1n) is 8.43. The summed E-state index contributed by atoms with van der Waals surface area (Å²) in [6, 6.07) is 4.17. The molecule has 1 aliphatic rings. The van der Waals surface area contributed by atoms with E-state index in [0.717, 1.165) is 43.4 Å². The molecule has 25 heavy (non-hydrogen) atoms. The predicted molar refractivity (Wildman–Crippen MR) is 102 cm³/mol. The lowest BCUT2D eigenvalue weighted by Crippen LogP contribution is -2.49. The van der Waals surface area contributed by atoms with E-state index in [2.05, 4.69) is 38.0 Å². The van der Waals surface area contributed by atoms with Crippen LogP contribution in [0.1, 0.15) is 5.01 Å². The second-order valence-corrected chi connectivity index (χ2v) is 7.89. The Morgan fingerprint density at radius 1 is 1.28 bits per heavy atom. The lowest BCUT2D eigenvalue weighted by molar-refractivity contribution is -0.122. The highest BCUT2D eigenvalue weighted by atomic mass is 32.1. The number of carbonyl (C=O) groups excluding carboxylic acids is 1. The molecule has 8 heteroatoms. The van der Waals surface area contributed by atoms with Crippen LogP contribution in [0.5, 0.6) is 0 Å². The van der Waals surface area contributed by atoms with Crippen LogP contribution in [-0.2, 0) is 16.1 Å². The van der Waals surface area contributed by atoms with E-state index >= 15 is 0 Å². The van der Waals surface area contributed by atoms with Crippen LogP contribution in [0.15, 0.2) is 22.9 Å².